The molecule has 0 spiro atoms. The number of hydrogen-bond donors (Lipinski definition) is 1. The lowest BCUT2D eigenvalue weighted by Crippen LogP contribution is -2.66. The van der Waals surface area contributed by atoms with Crippen LogP contribution in [0.3, 0.4) is 0 Å². The Hall–Kier alpha value is -1.35. The summed E-state index contributed by atoms with van der Waals surface area (Å²) >= 11 is 0. The summed E-state index contributed by atoms with van der Waals surface area (Å²) in [5.74, 6) is 0. The zero-order chi connectivity index (χ0) is 11.8. The Balaban J connectivity index is 2.03. The first-order valence-corrected chi connectivity index (χ1v) is 6.62. The van der Waals surface area contributed by atoms with Crippen LogP contribution in [0, 0.1) is 5.41 Å². The van der Waals surface area contributed by atoms with Crippen molar-refractivity contribution < 1.29 is 17.7 Å². The SMILES string of the molecule is CS(=O)(=O)N1CCN([n+]2cc(=N)o[n-]2)CC1. The van der Waals surface area contributed by atoms with Gasteiger partial charge in [0.1, 0.15) is 0 Å². The molecule has 0 saturated carbocycles. The molecule has 1 aromatic rings. The van der Waals surface area contributed by atoms with Gasteiger partial charge in [-0.3, -0.25) is 10.4 Å². The summed E-state index contributed by atoms with van der Waals surface area (Å²) < 4.78 is 28.6. The fourth-order valence-corrected chi connectivity index (χ4v) is 2.41. The van der Waals surface area contributed by atoms with E-state index in [0.29, 0.717) is 26.2 Å². The fraction of sp³-hybridized carbons (Fsp3) is 0.714. The van der Waals surface area contributed by atoms with Crippen LogP contribution in [0.1, 0.15) is 0 Å². The summed E-state index contributed by atoms with van der Waals surface area (Å²) in [6.45, 7) is 1.91. The highest BCUT2D eigenvalue weighted by Gasteiger charge is 2.23. The molecule has 2 heterocycles. The molecule has 16 heavy (non-hydrogen) atoms. The summed E-state index contributed by atoms with van der Waals surface area (Å²) in [5.41, 5.74) is -0.0226. The second-order valence-corrected chi connectivity index (χ2v) is 5.58. The van der Waals surface area contributed by atoms with Crippen LogP contribution in [0.2, 0.25) is 0 Å². The third kappa shape index (κ3) is 2.25. The van der Waals surface area contributed by atoms with Crippen LogP contribution < -0.4 is 20.6 Å². The van der Waals surface area contributed by atoms with E-state index >= 15 is 0 Å². The summed E-state index contributed by atoms with van der Waals surface area (Å²) in [5, 5.41) is 12.7. The molecular formula is C7H13N5O3S. The van der Waals surface area contributed by atoms with Crippen molar-refractivity contribution in [2.45, 2.75) is 0 Å². The Morgan fingerprint density at radius 1 is 1.44 bits per heavy atom. The van der Waals surface area contributed by atoms with Crippen molar-refractivity contribution in [3.05, 3.63) is 11.8 Å². The molecule has 1 aromatic heterocycles. The van der Waals surface area contributed by atoms with Gasteiger partial charge in [-0.15, -0.1) is 0 Å². The normalized spacial score (nSPS) is 18.9. The van der Waals surface area contributed by atoms with Gasteiger partial charge in [0.15, 0.2) is 0 Å². The van der Waals surface area contributed by atoms with Crippen molar-refractivity contribution in [3.8, 4) is 0 Å². The number of nitrogens with one attached hydrogen (secondary N) is 1. The average Bonchev–Trinajstić information content (AvgIpc) is 2.64. The molecule has 1 N–H and O–H groups in total. The Morgan fingerprint density at radius 3 is 2.50 bits per heavy atom. The van der Waals surface area contributed by atoms with Gasteiger partial charge in [0, 0.05) is 26.2 Å². The van der Waals surface area contributed by atoms with Gasteiger partial charge in [-0.2, -0.15) is 0 Å². The third-order valence-electron chi connectivity index (χ3n) is 2.43. The van der Waals surface area contributed by atoms with Gasteiger partial charge in [-0.1, -0.05) is 4.79 Å². The molecule has 0 unspecified atom stereocenters. The first kappa shape index (κ1) is 11.1. The Morgan fingerprint density at radius 2 is 2.06 bits per heavy atom. The second kappa shape index (κ2) is 3.91. The standard InChI is InChI=1S/C7H13N5O3S/c1-16(13,14)11-4-2-10(3-5-11)12-6-7(8)15-9-12/h6,8H,2-5H2,1H3. The van der Waals surface area contributed by atoms with Crippen molar-refractivity contribution in [2.75, 3.05) is 37.4 Å². The van der Waals surface area contributed by atoms with Gasteiger partial charge in [0.05, 0.1) is 6.26 Å². The molecule has 0 bridgehead atoms. The smallest absolute Gasteiger partial charge is 0.286 e. The van der Waals surface area contributed by atoms with Crippen molar-refractivity contribution in [1.29, 1.82) is 5.41 Å². The van der Waals surface area contributed by atoms with Crippen LogP contribution in [0.25, 0.3) is 0 Å². The predicted octanol–water partition coefficient (Wildman–Crippen LogP) is -2.78. The Bertz CT molecular complexity index is 510. The largest absolute Gasteiger partial charge is 0.380 e. The van der Waals surface area contributed by atoms with Gasteiger partial charge in [0.25, 0.3) is 11.8 Å². The number of aromatic nitrogens is 2. The number of sulfonamides is 1. The average molecular weight is 247 g/mol. The van der Waals surface area contributed by atoms with Gasteiger partial charge < -0.3 is 4.52 Å². The van der Waals surface area contributed by atoms with E-state index in [4.69, 9.17) is 5.41 Å². The Labute approximate surface area is 92.5 Å². The van der Waals surface area contributed by atoms with Crippen molar-refractivity contribution >= 4 is 10.0 Å². The van der Waals surface area contributed by atoms with Crippen molar-refractivity contribution in [3.63, 3.8) is 0 Å². The van der Waals surface area contributed by atoms with Crippen LogP contribution >= 0.6 is 0 Å². The molecular weight excluding hydrogens is 234 g/mol. The van der Waals surface area contributed by atoms with Crippen LogP contribution in [0.15, 0.2) is 10.7 Å². The van der Waals surface area contributed by atoms with E-state index in [2.05, 4.69) is 9.79 Å². The summed E-state index contributed by atoms with van der Waals surface area (Å²) in [6, 6.07) is 0. The van der Waals surface area contributed by atoms with E-state index in [1.807, 2.05) is 5.01 Å². The molecule has 0 atom stereocenters. The maximum Gasteiger partial charge on any atom is 0.286 e. The molecule has 2 rings (SSSR count). The first-order chi connectivity index (χ1) is 7.47. The maximum absolute atomic E-state index is 11.3. The van der Waals surface area contributed by atoms with Crippen molar-refractivity contribution in [1.82, 2.24) is 9.58 Å². The number of rotatable bonds is 2. The number of hydrogen-bond acceptors (Lipinski definition) is 5. The van der Waals surface area contributed by atoms with E-state index in [-0.39, 0.29) is 5.55 Å². The summed E-state index contributed by atoms with van der Waals surface area (Å²) in [4.78, 5) is 1.43. The van der Waals surface area contributed by atoms with Gasteiger partial charge in [0.2, 0.25) is 10.0 Å². The highest BCUT2D eigenvalue weighted by molar-refractivity contribution is 7.88. The van der Waals surface area contributed by atoms with Crippen molar-refractivity contribution in [2.24, 2.45) is 0 Å². The molecule has 1 aliphatic rings. The van der Waals surface area contributed by atoms with Crippen LogP contribution in [0.5, 0.6) is 0 Å². The molecule has 0 aromatic carbocycles. The van der Waals surface area contributed by atoms with Gasteiger partial charge >= 0.3 is 0 Å². The lowest BCUT2D eigenvalue weighted by molar-refractivity contribution is -0.764. The van der Waals surface area contributed by atoms with E-state index < -0.39 is 10.0 Å². The highest BCUT2D eigenvalue weighted by atomic mass is 32.2. The molecule has 1 fully saturated rings. The second-order valence-electron chi connectivity index (χ2n) is 3.60. The molecule has 9 heteroatoms. The maximum atomic E-state index is 11.3. The minimum absolute atomic E-state index is 0.0226. The number of nitrogens with zero attached hydrogens (tertiary/aromatic N) is 4. The van der Waals surface area contributed by atoms with Gasteiger partial charge in [-0.05, 0) is 5.27 Å². The molecule has 1 saturated heterocycles. The van der Waals surface area contributed by atoms with E-state index in [1.165, 1.54) is 21.5 Å². The molecule has 90 valence electrons. The molecule has 1 aliphatic heterocycles. The van der Waals surface area contributed by atoms with E-state index in [9.17, 15) is 8.42 Å². The lowest BCUT2D eigenvalue weighted by atomic mass is 10.4. The monoisotopic (exact) mass is 247 g/mol. The minimum Gasteiger partial charge on any atom is -0.380 e. The van der Waals surface area contributed by atoms with E-state index in [1.54, 1.807) is 0 Å². The van der Waals surface area contributed by atoms with Crippen LogP contribution in [-0.4, -0.2) is 45.2 Å². The first-order valence-electron chi connectivity index (χ1n) is 4.77. The third-order valence-corrected chi connectivity index (χ3v) is 3.73. The predicted molar refractivity (Wildman–Crippen MR) is 52.4 cm³/mol. The molecule has 0 radical (unpaired) electrons. The zero-order valence-electron chi connectivity index (χ0n) is 8.83. The molecule has 0 amide bonds. The van der Waals surface area contributed by atoms with Crippen LogP contribution in [-0.2, 0) is 10.0 Å². The summed E-state index contributed by atoms with van der Waals surface area (Å²) in [6.07, 6.45) is 2.64. The number of piperazine rings is 1. The van der Waals surface area contributed by atoms with Gasteiger partial charge in [-0.25, -0.2) is 12.7 Å². The highest BCUT2D eigenvalue weighted by Crippen LogP contribution is 2.01. The zero-order valence-corrected chi connectivity index (χ0v) is 9.64. The minimum atomic E-state index is -3.11. The lowest BCUT2D eigenvalue weighted by Gasteiger charge is -2.33. The topological polar surface area (TPSA) is 95.6 Å². The molecule has 0 aliphatic carbocycles. The quantitative estimate of drug-likeness (QED) is 0.570. The Kier molecular flexibility index (Phi) is 2.72. The molecule has 8 nitrogen and oxygen atoms in total. The van der Waals surface area contributed by atoms with E-state index in [0.717, 1.165) is 0 Å². The summed E-state index contributed by atoms with van der Waals surface area (Å²) in [7, 11) is -3.11. The van der Waals surface area contributed by atoms with Crippen LogP contribution in [0.4, 0.5) is 0 Å². The fourth-order valence-electron chi connectivity index (χ4n) is 1.59.